The van der Waals surface area contributed by atoms with Crippen molar-refractivity contribution in [3.63, 3.8) is 0 Å². The van der Waals surface area contributed by atoms with Gasteiger partial charge in [0.2, 0.25) is 0 Å². The molecule has 1 aromatic carbocycles. The van der Waals surface area contributed by atoms with Gasteiger partial charge in [-0.1, -0.05) is 52.0 Å². The highest BCUT2D eigenvalue weighted by atomic mass is 16.5. The van der Waals surface area contributed by atoms with Crippen LogP contribution in [0.15, 0.2) is 24.3 Å². The molecule has 1 unspecified atom stereocenters. The minimum atomic E-state index is 0.380. The van der Waals surface area contributed by atoms with Gasteiger partial charge < -0.3 is 10.1 Å². The van der Waals surface area contributed by atoms with Crippen LogP contribution in [0.2, 0.25) is 0 Å². The first-order chi connectivity index (χ1) is 9.49. The lowest BCUT2D eigenvalue weighted by Gasteiger charge is -2.15. The summed E-state index contributed by atoms with van der Waals surface area (Å²) in [7, 11) is 0. The summed E-state index contributed by atoms with van der Waals surface area (Å²) in [5.74, 6) is 1.33. The first-order valence-electron chi connectivity index (χ1n) is 7.89. The maximum atomic E-state index is 5.58. The van der Waals surface area contributed by atoms with Crippen molar-refractivity contribution >= 4 is 0 Å². The molecule has 0 amide bonds. The number of hydrogen-bond donors (Lipinski definition) is 1. The quantitative estimate of drug-likeness (QED) is 0.683. The third kappa shape index (κ3) is 7.06. The van der Waals surface area contributed by atoms with Crippen LogP contribution in [-0.4, -0.2) is 19.8 Å². The monoisotopic (exact) mass is 277 g/mol. The van der Waals surface area contributed by atoms with E-state index in [1.165, 1.54) is 11.1 Å². The van der Waals surface area contributed by atoms with Gasteiger partial charge in [-0.25, -0.2) is 0 Å². The van der Waals surface area contributed by atoms with Crippen LogP contribution >= 0.6 is 0 Å². The summed E-state index contributed by atoms with van der Waals surface area (Å²) >= 11 is 0. The SMILES string of the molecule is CC(C)COCCNC(C)c1ccc(CC(C)C)cc1. The lowest BCUT2D eigenvalue weighted by molar-refractivity contribution is 0.110. The summed E-state index contributed by atoms with van der Waals surface area (Å²) in [4.78, 5) is 0. The number of nitrogens with one attached hydrogen (secondary N) is 1. The minimum Gasteiger partial charge on any atom is -0.380 e. The van der Waals surface area contributed by atoms with Crippen molar-refractivity contribution in [3.05, 3.63) is 35.4 Å². The lowest BCUT2D eigenvalue weighted by atomic mass is 10.00. The van der Waals surface area contributed by atoms with Crippen LogP contribution in [0.25, 0.3) is 0 Å². The second kappa shape index (κ2) is 9.15. The summed E-state index contributed by atoms with van der Waals surface area (Å²) < 4.78 is 5.58. The second-order valence-electron chi connectivity index (χ2n) is 6.48. The van der Waals surface area contributed by atoms with E-state index in [4.69, 9.17) is 4.74 Å². The Labute approximate surface area is 124 Å². The van der Waals surface area contributed by atoms with Crippen molar-refractivity contribution in [1.82, 2.24) is 5.32 Å². The third-order valence-corrected chi connectivity index (χ3v) is 3.27. The second-order valence-corrected chi connectivity index (χ2v) is 6.48. The van der Waals surface area contributed by atoms with Crippen molar-refractivity contribution in [1.29, 1.82) is 0 Å². The Hall–Kier alpha value is -0.860. The third-order valence-electron chi connectivity index (χ3n) is 3.27. The predicted molar refractivity (Wildman–Crippen MR) is 87.1 cm³/mol. The molecule has 0 saturated carbocycles. The van der Waals surface area contributed by atoms with Crippen LogP contribution in [0.1, 0.15) is 51.8 Å². The Morgan fingerprint density at radius 3 is 2.15 bits per heavy atom. The van der Waals surface area contributed by atoms with Crippen LogP contribution in [0.5, 0.6) is 0 Å². The summed E-state index contributed by atoms with van der Waals surface area (Å²) in [5, 5.41) is 3.51. The van der Waals surface area contributed by atoms with E-state index in [-0.39, 0.29) is 0 Å². The van der Waals surface area contributed by atoms with Crippen LogP contribution in [0.4, 0.5) is 0 Å². The van der Waals surface area contributed by atoms with Gasteiger partial charge in [0, 0.05) is 19.2 Å². The zero-order valence-corrected chi connectivity index (χ0v) is 13.8. The fourth-order valence-electron chi connectivity index (χ4n) is 2.20. The topological polar surface area (TPSA) is 21.3 Å². The molecule has 2 nitrogen and oxygen atoms in total. The van der Waals surface area contributed by atoms with Crippen molar-refractivity contribution in [3.8, 4) is 0 Å². The van der Waals surface area contributed by atoms with Gasteiger partial charge in [-0.2, -0.15) is 0 Å². The molecule has 0 saturated heterocycles. The molecule has 2 heteroatoms. The highest BCUT2D eigenvalue weighted by molar-refractivity contribution is 5.25. The first-order valence-corrected chi connectivity index (χ1v) is 7.89. The average Bonchev–Trinajstić information content (AvgIpc) is 2.38. The van der Waals surface area contributed by atoms with E-state index in [2.05, 4.69) is 64.2 Å². The average molecular weight is 277 g/mol. The van der Waals surface area contributed by atoms with Gasteiger partial charge in [-0.05, 0) is 36.3 Å². The highest BCUT2D eigenvalue weighted by Gasteiger charge is 2.05. The van der Waals surface area contributed by atoms with E-state index in [1.54, 1.807) is 0 Å². The molecule has 1 rings (SSSR count). The molecule has 0 heterocycles. The summed E-state index contributed by atoms with van der Waals surface area (Å²) in [6.07, 6.45) is 1.16. The van der Waals surface area contributed by atoms with Gasteiger partial charge >= 0.3 is 0 Å². The van der Waals surface area contributed by atoms with Crippen molar-refractivity contribution in [2.24, 2.45) is 11.8 Å². The number of ether oxygens (including phenoxy) is 1. The summed E-state index contributed by atoms with van der Waals surface area (Å²) in [6, 6.07) is 9.37. The van der Waals surface area contributed by atoms with Gasteiger partial charge in [0.15, 0.2) is 0 Å². The molecular weight excluding hydrogens is 246 g/mol. The van der Waals surface area contributed by atoms with Gasteiger partial charge in [-0.15, -0.1) is 0 Å². The molecule has 1 atom stereocenters. The Bertz CT molecular complexity index is 356. The van der Waals surface area contributed by atoms with Crippen molar-refractivity contribution < 1.29 is 4.74 Å². The van der Waals surface area contributed by atoms with Gasteiger partial charge in [0.25, 0.3) is 0 Å². The highest BCUT2D eigenvalue weighted by Crippen LogP contribution is 2.15. The number of benzene rings is 1. The zero-order valence-electron chi connectivity index (χ0n) is 13.8. The van der Waals surface area contributed by atoms with Gasteiger partial charge in [0.05, 0.1) is 6.61 Å². The molecule has 0 aromatic heterocycles. The molecule has 0 radical (unpaired) electrons. The van der Waals surface area contributed by atoms with E-state index in [9.17, 15) is 0 Å². The molecular formula is C18H31NO. The van der Waals surface area contributed by atoms with Crippen LogP contribution in [0.3, 0.4) is 0 Å². The van der Waals surface area contributed by atoms with Crippen molar-refractivity contribution in [2.75, 3.05) is 19.8 Å². The molecule has 1 aromatic rings. The molecule has 20 heavy (non-hydrogen) atoms. The van der Waals surface area contributed by atoms with E-state index in [1.807, 2.05) is 0 Å². The first kappa shape index (κ1) is 17.2. The van der Waals surface area contributed by atoms with E-state index in [0.717, 1.165) is 32.1 Å². The molecule has 0 aliphatic rings. The predicted octanol–water partition coefficient (Wildman–Crippen LogP) is 4.21. The number of rotatable bonds is 9. The van der Waals surface area contributed by atoms with Gasteiger partial charge in [-0.3, -0.25) is 0 Å². The normalized spacial score (nSPS) is 13.2. The lowest BCUT2D eigenvalue weighted by Crippen LogP contribution is -2.23. The molecule has 0 bridgehead atoms. The van der Waals surface area contributed by atoms with E-state index in [0.29, 0.717) is 12.0 Å². The Balaban J connectivity index is 2.30. The zero-order chi connectivity index (χ0) is 15.0. The van der Waals surface area contributed by atoms with Gasteiger partial charge in [0.1, 0.15) is 0 Å². The Kier molecular flexibility index (Phi) is 7.86. The van der Waals surface area contributed by atoms with E-state index >= 15 is 0 Å². The standard InChI is InChI=1S/C18H31NO/c1-14(2)12-17-6-8-18(9-7-17)16(5)19-10-11-20-13-15(3)4/h6-9,14-16,19H,10-13H2,1-5H3. The molecule has 1 N–H and O–H groups in total. The molecule has 0 spiro atoms. The Morgan fingerprint density at radius 1 is 0.950 bits per heavy atom. The van der Waals surface area contributed by atoms with Crippen LogP contribution in [0, 0.1) is 11.8 Å². The summed E-state index contributed by atoms with van der Waals surface area (Å²) in [5.41, 5.74) is 2.78. The number of hydrogen-bond acceptors (Lipinski definition) is 2. The minimum absolute atomic E-state index is 0.380. The van der Waals surface area contributed by atoms with Crippen LogP contribution < -0.4 is 5.32 Å². The molecule has 0 aliphatic carbocycles. The summed E-state index contributed by atoms with van der Waals surface area (Å²) in [6.45, 7) is 13.6. The van der Waals surface area contributed by atoms with Crippen LogP contribution in [-0.2, 0) is 11.2 Å². The largest absolute Gasteiger partial charge is 0.380 e. The fraction of sp³-hybridized carbons (Fsp3) is 0.667. The van der Waals surface area contributed by atoms with Crippen molar-refractivity contribution in [2.45, 2.75) is 47.1 Å². The smallest absolute Gasteiger partial charge is 0.0591 e. The maximum Gasteiger partial charge on any atom is 0.0591 e. The molecule has 114 valence electrons. The Morgan fingerprint density at radius 2 is 1.60 bits per heavy atom. The fourth-order valence-corrected chi connectivity index (χ4v) is 2.20. The van der Waals surface area contributed by atoms with E-state index < -0.39 is 0 Å². The molecule has 0 aliphatic heterocycles. The maximum absolute atomic E-state index is 5.58. The molecule has 0 fully saturated rings.